The number of nitrogens with one attached hydrogen (secondary N) is 2. The fraction of sp³-hybridized carbons (Fsp3) is 0.240. The van der Waals surface area contributed by atoms with Crippen molar-refractivity contribution in [3.63, 3.8) is 0 Å². The zero-order valence-electron chi connectivity index (χ0n) is 19.0. The number of amides is 2. The summed E-state index contributed by atoms with van der Waals surface area (Å²) in [5.41, 5.74) is 2.46. The molecule has 0 unspecified atom stereocenters. The van der Waals surface area contributed by atoms with Crippen LogP contribution < -0.4 is 14.8 Å². The summed E-state index contributed by atoms with van der Waals surface area (Å²) in [6.45, 7) is 3.80. The van der Waals surface area contributed by atoms with Crippen molar-refractivity contribution in [1.29, 1.82) is 0 Å². The fourth-order valence-corrected chi connectivity index (χ4v) is 4.26. The highest BCUT2D eigenvalue weighted by molar-refractivity contribution is 7.92. The van der Waals surface area contributed by atoms with Crippen molar-refractivity contribution in [3.8, 4) is 11.5 Å². The van der Waals surface area contributed by atoms with Gasteiger partial charge in [-0.3, -0.25) is 9.62 Å². The molecule has 1 fully saturated rings. The summed E-state index contributed by atoms with van der Waals surface area (Å²) < 4.78 is 30.9. The van der Waals surface area contributed by atoms with E-state index in [1.807, 2.05) is 59.5 Å². The van der Waals surface area contributed by atoms with E-state index in [0.717, 1.165) is 31.6 Å². The van der Waals surface area contributed by atoms with Crippen molar-refractivity contribution < 1.29 is 17.9 Å². The Morgan fingerprint density at radius 2 is 1.41 bits per heavy atom. The van der Waals surface area contributed by atoms with Gasteiger partial charge in [0.2, 0.25) is 10.0 Å². The largest absolute Gasteiger partial charge is 0.457 e. The van der Waals surface area contributed by atoms with Gasteiger partial charge in [0.25, 0.3) is 0 Å². The molecule has 0 radical (unpaired) electrons. The van der Waals surface area contributed by atoms with Gasteiger partial charge in [-0.2, -0.15) is 0 Å². The Morgan fingerprint density at radius 1 is 0.824 bits per heavy atom. The Morgan fingerprint density at radius 3 is 2.00 bits per heavy atom. The second kappa shape index (κ2) is 10.6. The summed E-state index contributed by atoms with van der Waals surface area (Å²) in [5, 5.41) is 2.94. The van der Waals surface area contributed by atoms with E-state index in [-0.39, 0.29) is 6.03 Å². The number of hydrogen-bond acceptors (Lipinski definition) is 5. The van der Waals surface area contributed by atoms with E-state index in [4.69, 9.17) is 4.74 Å². The number of rotatable bonds is 7. The molecular weight excluding hydrogens is 452 g/mol. The van der Waals surface area contributed by atoms with Gasteiger partial charge in [-0.1, -0.05) is 30.3 Å². The van der Waals surface area contributed by atoms with Crippen LogP contribution >= 0.6 is 0 Å². The number of hydrogen-bond donors (Lipinski definition) is 2. The van der Waals surface area contributed by atoms with Gasteiger partial charge in [0.05, 0.1) is 6.26 Å². The Balaban J connectivity index is 1.24. The van der Waals surface area contributed by atoms with Crippen LogP contribution in [0, 0.1) is 0 Å². The maximum atomic E-state index is 12.5. The maximum absolute atomic E-state index is 12.5. The Labute approximate surface area is 200 Å². The summed E-state index contributed by atoms with van der Waals surface area (Å²) in [5.74, 6) is 1.33. The third-order valence-electron chi connectivity index (χ3n) is 5.41. The lowest BCUT2D eigenvalue weighted by Gasteiger charge is -2.34. The number of carbonyl (C=O) groups is 1. The first kappa shape index (κ1) is 23.6. The van der Waals surface area contributed by atoms with E-state index >= 15 is 0 Å². The van der Waals surface area contributed by atoms with E-state index < -0.39 is 10.0 Å². The number of sulfonamides is 1. The molecule has 1 saturated heterocycles. The molecule has 0 spiro atoms. The Bertz CT molecular complexity index is 1190. The zero-order valence-corrected chi connectivity index (χ0v) is 19.8. The second-order valence-corrected chi connectivity index (χ2v) is 9.95. The predicted molar refractivity (Wildman–Crippen MR) is 134 cm³/mol. The summed E-state index contributed by atoms with van der Waals surface area (Å²) in [6.07, 6.45) is 1.11. The molecule has 8 nitrogen and oxygen atoms in total. The lowest BCUT2D eigenvalue weighted by molar-refractivity contribution is 0.143. The number of anilines is 2. The minimum atomic E-state index is -3.30. The first-order valence-corrected chi connectivity index (χ1v) is 12.9. The van der Waals surface area contributed by atoms with Crippen LogP contribution in [0.2, 0.25) is 0 Å². The highest BCUT2D eigenvalue weighted by Gasteiger charge is 2.21. The Kier molecular flexibility index (Phi) is 7.34. The van der Waals surface area contributed by atoms with Crippen LogP contribution in [0.25, 0.3) is 0 Å². The van der Waals surface area contributed by atoms with Gasteiger partial charge in [0.15, 0.2) is 0 Å². The first-order valence-electron chi connectivity index (χ1n) is 11.0. The van der Waals surface area contributed by atoms with Crippen LogP contribution in [0.3, 0.4) is 0 Å². The molecule has 2 amide bonds. The third-order valence-corrected chi connectivity index (χ3v) is 6.01. The van der Waals surface area contributed by atoms with Gasteiger partial charge in [-0.25, -0.2) is 13.2 Å². The van der Waals surface area contributed by atoms with Crippen LogP contribution in [-0.4, -0.2) is 56.7 Å². The Hall–Kier alpha value is -3.56. The molecule has 34 heavy (non-hydrogen) atoms. The first-order chi connectivity index (χ1) is 16.3. The number of para-hydroxylation sites is 1. The summed E-state index contributed by atoms with van der Waals surface area (Å²) in [4.78, 5) is 16.6. The van der Waals surface area contributed by atoms with Gasteiger partial charge in [0.1, 0.15) is 11.5 Å². The normalized spacial score (nSPS) is 14.4. The van der Waals surface area contributed by atoms with Crippen molar-refractivity contribution >= 4 is 27.4 Å². The molecule has 0 aliphatic carbocycles. The zero-order chi connectivity index (χ0) is 24.0. The quantitative estimate of drug-likeness (QED) is 0.529. The monoisotopic (exact) mass is 480 g/mol. The number of carbonyl (C=O) groups excluding carboxylic acids is 1. The molecule has 2 N–H and O–H groups in total. The van der Waals surface area contributed by atoms with Crippen molar-refractivity contribution in [1.82, 2.24) is 9.80 Å². The van der Waals surface area contributed by atoms with Gasteiger partial charge in [-0.15, -0.1) is 0 Å². The number of benzene rings is 3. The molecular formula is C25H28N4O4S. The highest BCUT2D eigenvalue weighted by Crippen LogP contribution is 2.24. The number of piperazine rings is 1. The molecule has 4 rings (SSSR count). The molecule has 9 heteroatoms. The van der Waals surface area contributed by atoms with Crippen LogP contribution in [0.1, 0.15) is 5.56 Å². The maximum Gasteiger partial charge on any atom is 0.321 e. The van der Waals surface area contributed by atoms with E-state index in [2.05, 4.69) is 14.9 Å². The van der Waals surface area contributed by atoms with E-state index in [0.29, 0.717) is 30.3 Å². The van der Waals surface area contributed by atoms with E-state index in [1.165, 1.54) is 5.56 Å². The highest BCUT2D eigenvalue weighted by atomic mass is 32.2. The summed E-state index contributed by atoms with van der Waals surface area (Å²) in [7, 11) is -3.30. The molecule has 1 heterocycles. The number of nitrogens with zero attached hydrogens (tertiary/aromatic N) is 2. The minimum Gasteiger partial charge on any atom is -0.457 e. The molecule has 1 aliphatic heterocycles. The van der Waals surface area contributed by atoms with Gasteiger partial charge < -0.3 is 15.0 Å². The summed E-state index contributed by atoms with van der Waals surface area (Å²) in [6, 6.07) is 24.1. The van der Waals surface area contributed by atoms with Crippen molar-refractivity contribution in [3.05, 3.63) is 84.4 Å². The fourth-order valence-electron chi connectivity index (χ4n) is 3.70. The van der Waals surface area contributed by atoms with Gasteiger partial charge >= 0.3 is 6.03 Å². The minimum absolute atomic E-state index is 0.0625. The smallest absolute Gasteiger partial charge is 0.321 e. The van der Waals surface area contributed by atoms with Gasteiger partial charge in [-0.05, 0) is 54.1 Å². The molecule has 1 aliphatic rings. The van der Waals surface area contributed by atoms with Crippen molar-refractivity contribution in [2.75, 3.05) is 42.5 Å². The lowest BCUT2D eigenvalue weighted by atomic mass is 10.2. The topological polar surface area (TPSA) is 91.0 Å². The molecule has 0 bridgehead atoms. The molecule has 3 aromatic carbocycles. The van der Waals surface area contributed by atoms with Gasteiger partial charge in [0, 0.05) is 44.1 Å². The average molecular weight is 481 g/mol. The molecule has 3 aromatic rings. The van der Waals surface area contributed by atoms with Crippen molar-refractivity contribution in [2.24, 2.45) is 0 Å². The van der Waals surface area contributed by atoms with Crippen LogP contribution in [-0.2, 0) is 16.6 Å². The van der Waals surface area contributed by atoms with E-state index in [9.17, 15) is 13.2 Å². The SMILES string of the molecule is CS(=O)(=O)Nc1ccc(Oc2ccc(CN3CCN(C(=O)Nc4ccccc4)CC3)cc2)cc1. The van der Waals surface area contributed by atoms with Crippen LogP contribution in [0.5, 0.6) is 11.5 Å². The standard InChI is InChI=1S/C25H28N4O4S/c1-34(31,32)27-22-9-13-24(14-10-22)33-23-11-7-20(8-12-23)19-28-15-17-29(18-16-28)25(30)26-21-5-3-2-4-6-21/h2-14,27H,15-19H2,1H3,(H,26,30). The number of ether oxygens (including phenoxy) is 1. The van der Waals surface area contributed by atoms with Crippen molar-refractivity contribution in [2.45, 2.75) is 6.54 Å². The average Bonchev–Trinajstić information content (AvgIpc) is 2.82. The molecule has 0 saturated carbocycles. The lowest BCUT2D eigenvalue weighted by Crippen LogP contribution is -2.49. The van der Waals surface area contributed by atoms with Crippen LogP contribution in [0.15, 0.2) is 78.9 Å². The van der Waals surface area contributed by atoms with E-state index in [1.54, 1.807) is 24.3 Å². The second-order valence-electron chi connectivity index (χ2n) is 8.20. The molecule has 0 aromatic heterocycles. The molecule has 0 atom stereocenters. The molecule has 178 valence electrons. The third kappa shape index (κ3) is 6.97. The predicted octanol–water partition coefficient (Wildman–Crippen LogP) is 4.20. The summed E-state index contributed by atoms with van der Waals surface area (Å²) >= 11 is 0. The number of urea groups is 1. The van der Waals surface area contributed by atoms with Crippen LogP contribution in [0.4, 0.5) is 16.2 Å².